The number of hydrogen-bond acceptors (Lipinski definition) is 2. The summed E-state index contributed by atoms with van der Waals surface area (Å²) in [7, 11) is 0. The van der Waals surface area contributed by atoms with Crippen molar-refractivity contribution in [1.82, 2.24) is 0 Å². The first kappa shape index (κ1) is 16.8. The van der Waals surface area contributed by atoms with Crippen LogP contribution in [0.2, 0.25) is 0 Å². The van der Waals surface area contributed by atoms with Gasteiger partial charge in [-0.2, -0.15) is 0 Å². The minimum Gasteiger partial charge on any atom is -0.393 e. The van der Waals surface area contributed by atoms with Gasteiger partial charge >= 0.3 is 0 Å². The molecule has 4 rings (SSSR count). The van der Waals surface area contributed by atoms with E-state index in [4.69, 9.17) is 0 Å². The standard InChI is InChI=1S/2C10H18O/c2*1-9(2)7-4-5-10(9,3)8(11)6-7/h2*7-8,11H,4-6H2,1-3H3/t7-,8+,10+;7-,8-,10+/m11/s1. The molecule has 0 aromatic carbocycles. The number of aliphatic hydroxyl groups excluding tert-OH is 2. The maximum atomic E-state index is 9.81. The van der Waals surface area contributed by atoms with Gasteiger partial charge in [-0.25, -0.2) is 0 Å². The minimum absolute atomic E-state index is 0.0313. The van der Waals surface area contributed by atoms with Crippen LogP contribution in [0.5, 0.6) is 0 Å². The molecular weight excluding hydrogens is 272 g/mol. The number of fused-ring (bicyclic) bond motifs is 4. The van der Waals surface area contributed by atoms with E-state index in [1.54, 1.807) is 0 Å². The highest BCUT2D eigenvalue weighted by Crippen LogP contribution is 2.66. The van der Waals surface area contributed by atoms with Crippen molar-refractivity contribution in [3.63, 3.8) is 0 Å². The van der Waals surface area contributed by atoms with E-state index in [1.165, 1.54) is 25.7 Å². The molecule has 0 radical (unpaired) electrons. The Balaban J connectivity index is 0.000000131. The SMILES string of the molecule is CC1(C)[C@@H]2CC[C@@]1(C)[C@@H](O)C2.CC1(C)[C@@H]2CC[C@@]1(C)[C@H](O)C2. The molecule has 0 spiro atoms. The molecule has 0 saturated heterocycles. The molecule has 0 amide bonds. The predicted octanol–water partition coefficient (Wildman–Crippen LogP) is 4.39. The minimum atomic E-state index is -0.0313. The summed E-state index contributed by atoms with van der Waals surface area (Å²) in [4.78, 5) is 0. The Hall–Kier alpha value is -0.0800. The summed E-state index contributed by atoms with van der Waals surface area (Å²) in [5.74, 6) is 1.56. The highest BCUT2D eigenvalue weighted by Gasteiger charge is 2.61. The molecule has 22 heavy (non-hydrogen) atoms. The van der Waals surface area contributed by atoms with Gasteiger partial charge in [0.05, 0.1) is 12.2 Å². The summed E-state index contributed by atoms with van der Waals surface area (Å²) in [6.07, 6.45) is 7.15. The summed E-state index contributed by atoms with van der Waals surface area (Å²) >= 11 is 0. The summed E-state index contributed by atoms with van der Waals surface area (Å²) < 4.78 is 0. The van der Waals surface area contributed by atoms with E-state index >= 15 is 0 Å². The van der Waals surface area contributed by atoms with Crippen LogP contribution < -0.4 is 0 Å². The van der Waals surface area contributed by atoms with Crippen LogP contribution in [0.1, 0.15) is 80.1 Å². The Kier molecular flexibility index (Phi) is 3.60. The lowest BCUT2D eigenvalue weighted by atomic mass is 9.70. The van der Waals surface area contributed by atoms with Gasteiger partial charge < -0.3 is 10.2 Å². The van der Waals surface area contributed by atoms with E-state index in [2.05, 4.69) is 41.5 Å². The Morgan fingerprint density at radius 2 is 0.955 bits per heavy atom. The molecule has 0 aliphatic heterocycles. The fraction of sp³-hybridized carbons (Fsp3) is 1.00. The van der Waals surface area contributed by atoms with Gasteiger partial charge in [-0.3, -0.25) is 0 Å². The fourth-order valence-electron chi connectivity index (χ4n) is 6.32. The monoisotopic (exact) mass is 308 g/mol. The summed E-state index contributed by atoms with van der Waals surface area (Å²) in [6, 6.07) is 0. The lowest BCUT2D eigenvalue weighted by molar-refractivity contribution is 0.0125. The maximum Gasteiger partial charge on any atom is 0.0601 e. The molecule has 0 heterocycles. The lowest BCUT2D eigenvalue weighted by Gasteiger charge is -2.36. The van der Waals surface area contributed by atoms with Crippen LogP contribution in [-0.4, -0.2) is 22.4 Å². The Labute approximate surface area is 136 Å². The van der Waals surface area contributed by atoms with E-state index in [1.807, 2.05) is 0 Å². The van der Waals surface area contributed by atoms with Crippen molar-refractivity contribution in [2.75, 3.05) is 0 Å². The van der Waals surface area contributed by atoms with Crippen molar-refractivity contribution >= 4 is 0 Å². The van der Waals surface area contributed by atoms with Gasteiger partial charge in [0.15, 0.2) is 0 Å². The smallest absolute Gasteiger partial charge is 0.0601 e. The van der Waals surface area contributed by atoms with Crippen molar-refractivity contribution < 1.29 is 10.2 Å². The summed E-state index contributed by atoms with van der Waals surface area (Å²) in [5, 5.41) is 19.6. The first-order valence-corrected chi connectivity index (χ1v) is 9.33. The third-order valence-corrected chi connectivity index (χ3v) is 9.50. The largest absolute Gasteiger partial charge is 0.393 e. The molecule has 128 valence electrons. The first-order valence-electron chi connectivity index (χ1n) is 9.33. The van der Waals surface area contributed by atoms with E-state index in [0.29, 0.717) is 10.8 Å². The lowest BCUT2D eigenvalue weighted by Crippen LogP contribution is -2.35. The van der Waals surface area contributed by atoms with Gasteiger partial charge in [0.1, 0.15) is 0 Å². The molecule has 0 aromatic heterocycles. The van der Waals surface area contributed by atoms with Gasteiger partial charge in [0, 0.05) is 0 Å². The average molecular weight is 309 g/mol. The number of hydrogen-bond donors (Lipinski definition) is 2. The molecule has 0 aromatic rings. The van der Waals surface area contributed by atoms with Gasteiger partial charge in [0.2, 0.25) is 0 Å². The second-order valence-corrected chi connectivity index (χ2v) is 10.3. The van der Waals surface area contributed by atoms with Crippen molar-refractivity contribution in [3.8, 4) is 0 Å². The molecule has 4 fully saturated rings. The molecule has 0 unspecified atom stereocenters. The van der Waals surface area contributed by atoms with Gasteiger partial charge in [-0.15, -0.1) is 0 Å². The van der Waals surface area contributed by atoms with Crippen molar-refractivity contribution in [3.05, 3.63) is 0 Å². The third kappa shape index (κ3) is 1.86. The number of aliphatic hydroxyl groups is 2. The van der Waals surface area contributed by atoms with E-state index in [0.717, 1.165) is 24.7 Å². The highest BCUT2D eigenvalue weighted by atomic mass is 16.3. The average Bonchev–Trinajstić information content (AvgIpc) is 2.91. The van der Waals surface area contributed by atoms with E-state index < -0.39 is 0 Å². The zero-order chi connectivity index (χ0) is 16.6. The molecule has 4 aliphatic rings. The molecule has 2 nitrogen and oxygen atoms in total. The van der Waals surface area contributed by atoms with Crippen molar-refractivity contribution in [2.24, 2.45) is 33.5 Å². The Morgan fingerprint density at radius 3 is 1.05 bits per heavy atom. The fourth-order valence-corrected chi connectivity index (χ4v) is 6.32. The summed E-state index contributed by atoms with van der Waals surface area (Å²) in [5.41, 5.74) is 1.20. The van der Waals surface area contributed by atoms with Crippen LogP contribution in [0.25, 0.3) is 0 Å². The van der Waals surface area contributed by atoms with Crippen LogP contribution >= 0.6 is 0 Å². The predicted molar refractivity (Wildman–Crippen MR) is 90.5 cm³/mol. The first-order chi connectivity index (χ1) is 9.97. The van der Waals surface area contributed by atoms with Crippen molar-refractivity contribution in [2.45, 2.75) is 92.3 Å². The van der Waals surface area contributed by atoms with Crippen LogP contribution in [-0.2, 0) is 0 Å². The summed E-state index contributed by atoms with van der Waals surface area (Å²) in [6.45, 7) is 13.8. The second-order valence-electron chi connectivity index (χ2n) is 10.3. The zero-order valence-electron chi connectivity index (χ0n) is 15.4. The van der Waals surface area contributed by atoms with E-state index in [9.17, 15) is 10.2 Å². The Morgan fingerprint density at radius 1 is 0.636 bits per heavy atom. The molecule has 4 saturated carbocycles. The Bertz CT molecular complexity index is 413. The van der Waals surface area contributed by atoms with Gasteiger partial charge in [-0.1, -0.05) is 41.5 Å². The molecular formula is C20H36O2. The maximum absolute atomic E-state index is 9.81. The van der Waals surface area contributed by atoms with Gasteiger partial charge in [-0.05, 0) is 72.0 Å². The van der Waals surface area contributed by atoms with Crippen LogP contribution in [0.3, 0.4) is 0 Å². The normalized spacial score (nSPS) is 53.5. The molecule has 6 atom stereocenters. The van der Waals surface area contributed by atoms with E-state index in [-0.39, 0.29) is 23.0 Å². The zero-order valence-corrected chi connectivity index (χ0v) is 15.4. The van der Waals surface area contributed by atoms with Crippen LogP contribution in [0.4, 0.5) is 0 Å². The molecule has 2 heteroatoms. The van der Waals surface area contributed by atoms with Crippen molar-refractivity contribution in [1.29, 1.82) is 0 Å². The topological polar surface area (TPSA) is 40.5 Å². The highest BCUT2D eigenvalue weighted by molar-refractivity contribution is 5.11. The van der Waals surface area contributed by atoms with Crippen LogP contribution in [0, 0.1) is 33.5 Å². The van der Waals surface area contributed by atoms with Crippen LogP contribution in [0.15, 0.2) is 0 Å². The molecule has 4 aliphatic carbocycles. The quantitative estimate of drug-likeness (QED) is 0.697. The third-order valence-electron chi connectivity index (χ3n) is 9.50. The molecule has 2 N–H and O–H groups in total. The molecule has 4 bridgehead atoms. The van der Waals surface area contributed by atoms with Gasteiger partial charge in [0.25, 0.3) is 0 Å². The number of rotatable bonds is 0. The second kappa shape index (κ2) is 4.72.